The van der Waals surface area contributed by atoms with Crippen molar-refractivity contribution in [3.05, 3.63) is 36.5 Å². The molecule has 312 valence electrons. The number of esters is 1. The number of nitrogens with one attached hydrogen (secondary N) is 2. The Hall–Kier alpha value is -2.94. The van der Waals surface area contributed by atoms with Crippen LogP contribution in [0.25, 0.3) is 0 Å². The van der Waals surface area contributed by atoms with Crippen LogP contribution in [0.3, 0.4) is 0 Å². The molecule has 0 aromatic heterocycles. The Morgan fingerprint density at radius 1 is 0.556 bits per heavy atom. The fraction of sp³-hybridized carbons (Fsp3) is 0.778. The molecule has 9 nitrogen and oxygen atoms in total. The molecular weight excluding hydrogens is 681 g/mol. The minimum absolute atomic E-state index is 0.0469. The van der Waals surface area contributed by atoms with Crippen LogP contribution in [-0.4, -0.2) is 59.3 Å². The second-order valence-corrected chi connectivity index (χ2v) is 14.8. The van der Waals surface area contributed by atoms with Gasteiger partial charge in [0.15, 0.2) is 0 Å². The monoisotopic (exact) mass is 761 g/mol. The van der Waals surface area contributed by atoms with E-state index < -0.39 is 24.5 Å². The number of allylic oxidation sites excluding steroid dienone is 6. The van der Waals surface area contributed by atoms with Crippen LogP contribution in [-0.2, 0) is 23.9 Å². The number of hydrogen-bond donors (Lipinski definition) is 4. The number of aliphatic hydroxyl groups is 1. The Labute approximate surface area is 329 Å². The summed E-state index contributed by atoms with van der Waals surface area (Å²) in [5, 5.41) is 22.5. The zero-order valence-corrected chi connectivity index (χ0v) is 34.5. The van der Waals surface area contributed by atoms with Crippen molar-refractivity contribution in [3.63, 3.8) is 0 Å². The number of unbranched alkanes of at least 4 members (excludes halogenated alkanes) is 19. The number of carbonyl (C=O) groups is 4. The molecule has 2 amide bonds. The van der Waals surface area contributed by atoms with Gasteiger partial charge >= 0.3 is 11.9 Å². The quantitative estimate of drug-likeness (QED) is 0.0277. The predicted molar refractivity (Wildman–Crippen MR) is 222 cm³/mol. The second kappa shape index (κ2) is 39.7. The molecule has 0 bridgehead atoms. The molecule has 54 heavy (non-hydrogen) atoms. The summed E-state index contributed by atoms with van der Waals surface area (Å²) in [6, 6.07) is -1.39. The van der Waals surface area contributed by atoms with Gasteiger partial charge in [0.2, 0.25) is 11.8 Å². The van der Waals surface area contributed by atoms with Gasteiger partial charge in [-0.15, -0.1) is 0 Å². The SMILES string of the molecule is CCCCCCC/C=C\C/C=C\C/C=C\CCCCCCCCC(=O)OC(CCCCCCCC)CCCCCCC(=O)NCC(=O)NC(CO)C(=O)O. The molecule has 2 unspecified atom stereocenters. The van der Waals surface area contributed by atoms with Crippen molar-refractivity contribution in [2.75, 3.05) is 13.2 Å². The zero-order chi connectivity index (χ0) is 39.7. The standard InChI is InChI=1S/C45H80N2O7/c1-3-5-7-9-11-12-13-14-15-16-17-18-19-20-21-22-23-24-25-27-33-37-44(51)54-40(34-30-26-10-8-6-4-2)35-31-28-29-32-36-42(49)46-38-43(50)47-41(39-48)45(52)53/h13-14,16-17,19-20,40-41,48H,3-12,15,18,21-39H2,1-2H3,(H,46,49)(H,47,50)(H,52,53)/b14-13-,17-16-,20-19-. The topological polar surface area (TPSA) is 142 Å². The van der Waals surface area contributed by atoms with Crippen LogP contribution in [0.5, 0.6) is 0 Å². The van der Waals surface area contributed by atoms with E-state index in [9.17, 15) is 19.2 Å². The summed E-state index contributed by atoms with van der Waals surface area (Å²) in [6.07, 6.45) is 44.7. The largest absolute Gasteiger partial charge is 0.480 e. The van der Waals surface area contributed by atoms with Crippen molar-refractivity contribution >= 4 is 23.8 Å². The lowest BCUT2D eigenvalue weighted by molar-refractivity contribution is -0.150. The summed E-state index contributed by atoms with van der Waals surface area (Å²) in [5.74, 6) is -2.34. The molecule has 0 aliphatic carbocycles. The highest BCUT2D eigenvalue weighted by Crippen LogP contribution is 2.18. The summed E-state index contributed by atoms with van der Waals surface area (Å²) in [6.45, 7) is 3.43. The van der Waals surface area contributed by atoms with Crippen LogP contribution in [0.1, 0.15) is 200 Å². The van der Waals surface area contributed by atoms with Crippen LogP contribution in [0.2, 0.25) is 0 Å². The van der Waals surface area contributed by atoms with Gasteiger partial charge in [-0.3, -0.25) is 14.4 Å². The molecule has 0 radical (unpaired) electrons. The van der Waals surface area contributed by atoms with E-state index >= 15 is 0 Å². The Balaban J connectivity index is 4.10. The van der Waals surface area contributed by atoms with Crippen LogP contribution >= 0.6 is 0 Å². The molecule has 0 heterocycles. The van der Waals surface area contributed by atoms with E-state index in [4.69, 9.17) is 14.9 Å². The lowest BCUT2D eigenvalue weighted by Gasteiger charge is -2.18. The van der Waals surface area contributed by atoms with Gasteiger partial charge in [0.1, 0.15) is 12.1 Å². The first kappa shape index (κ1) is 51.1. The smallest absolute Gasteiger partial charge is 0.328 e. The van der Waals surface area contributed by atoms with Gasteiger partial charge in [-0.05, 0) is 77.0 Å². The van der Waals surface area contributed by atoms with E-state index in [1.807, 2.05) is 0 Å². The number of hydrogen-bond acceptors (Lipinski definition) is 6. The summed E-state index contributed by atoms with van der Waals surface area (Å²) in [5.41, 5.74) is 0. The number of aliphatic carboxylic acids is 1. The maximum absolute atomic E-state index is 12.7. The number of rotatable bonds is 39. The molecule has 0 aliphatic rings. The van der Waals surface area contributed by atoms with Gasteiger partial charge < -0.3 is 25.6 Å². The molecule has 0 aromatic rings. The highest BCUT2D eigenvalue weighted by atomic mass is 16.5. The third-order valence-electron chi connectivity index (χ3n) is 9.64. The first-order valence-corrected chi connectivity index (χ1v) is 21.9. The number of aliphatic hydroxyl groups excluding tert-OH is 1. The Bertz CT molecular complexity index is 1010. The van der Waals surface area contributed by atoms with E-state index in [1.165, 1.54) is 89.9 Å². The van der Waals surface area contributed by atoms with E-state index in [1.54, 1.807) is 0 Å². The van der Waals surface area contributed by atoms with Gasteiger partial charge in [0.05, 0.1) is 13.2 Å². The molecule has 2 atom stereocenters. The van der Waals surface area contributed by atoms with Crippen molar-refractivity contribution in [1.82, 2.24) is 10.6 Å². The average Bonchev–Trinajstić information content (AvgIpc) is 3.15. The lowest BCUT2D eigenvalue weighted by Crippen LogP contribution is -2.47. The molecule has 9 heteroatoms. The van der Waals surface area contributed by atoms with Crippen LogP contribution in [0.4, 0.5) is 0 Å². The van der Waals surface area contributed by atoms with E-state index in [0.29, 0.717) is 12.8 Å². The first-order chi connectivity index (χ1) is 26.3. The third-order valence-corrected chi connectivity index (χ3v) is 9.64. The van der Waals surface area contributed by atoms with Crippen molar-refractivity contribution < 1.29 is 34.1 Å². The predicted octanol–water partition coefficient (Wildman–Crippen LogP) is 10.6. The van der Waals surface area contributed by atoms with E-state index in [2.05, 4.69) is 60.9 Å². The molecule has 0 spiro atoms. The Kier molecular flexibility index (Phi) is 37.6. The van der Waals surface area contributed by atoms with Gasteiger partial charge in [-0.2, -0.15) is 0 Å². The fourth-order valence-electron chi connectivity index (χ4n) is 6.25. The number of carboxylic acid groups (broad SMARTS) is 1. The molecule has 4 N–H and O–H groups in total. The van der Waals surface area contributed by atoms with Crippen molar-refractivity contribution in [2.24, 2.45) is 0 Å². The number of ether oxygens (including phenoxy) is 1. The van der Waals surface area contributed by atoms with Crippen LogP contribution < -0.4 is 10.6 Å². The molecule has 0 saturated heterocycles. The highest BCUT2D eigenvalue weighted by Gasteiger charge is 2.19. The van der Waals surface area contributed by atoms with Crippen molar-refractivity contribution in [3.8, 4) is 0 Å². The molecule has 0 aliphatic heterocycles. The molecule has 0 rings (SSSR count). The van der Waals surface area contributed by atoms with Gasteiger partial charge in [-0.1, -0.05) is 147 Å². The number of carbonyl (C=O) groups excluding carboxylic acids is 3. The van der Waals surface area contributed by atoms with Gasteiger partial charge in [-0.25, -0.2) is 4.79 Å². The van der Waals surface area contributed by atoms with Crippen LogP contribution in [0.15, 0.2) is 36.5 Å². The Morgan fingerprint density at radius 2 is 1.00 bits per heavy atom. The summed E-state index contributed by atoms with van der Waals surface area (Å²) < 4.78 is 5.96. The maximum atomic E-state index is 12.7. The van der Waals surface area contributed by atoms with Crippen LogP contribution in [0, 0.1) is 0 Å². The van der Waals surface area contributed by atoms with E-state index in [0.717, 1.165) is 77.0 Å². The fourth-order valence-corrected chi connectivity index (χ4v) is 6.25. The van der Waals surface area contributed by atoms with Gasteiger partial charge in [0.25, 0.3) is 0 Å². The normalized spacial score (nSPS) is 12.8. The molecular formula is C45H80N2O7. The Morgan fingerprint density at radius 3 is 1.50 bits per heavy atom. The average molecular weight is 761 g/mol. The minimum Gasteiger partial charge on any atom is -0.480 e. The van der Waals surface area contributed by atoms with Crippen molar-refractivity contribution in [1.29, 1.82) is 0 Å². The second-order valence-electron chi connectivity index (χ2n) is 14.8. The summed E-state index contributed by atoms with van der Waals surface area (Å²) in [7, 11) is 0. The molecule has 0 aromatic carbocycles. The van der Waals surface area contributed by atoms with E-state index in [-0.39, 0.29) is 30.9 Å². The molecule has 0 saturated carbocycles. The third kappa shape index (κ3) is 36.1. The summed E-state index contributed by atoms with van der Waals surface area (Å²) >= 11 is 0. The first-order valence-electron chi connectivity index (χ1n) is 21.9. The highest BCUT2D eigenvalue weighted by molar-refractivity contribution is 5.87. The number of amides is 2. The minimum atomic E-state index is -1.39. The molecule has 0 fully saturated rings. The maximum Gasteiger partial charge on any atom is 0.328 e. The zero-order valence-electron chi connectivity index (χ0n) is 34.5. The van der Waals surface area contributed by atoms with Gasteiger partial charge in [0, 0.05) is 12.8 Å². The lowest BCUT2D eigenvalue weighted by atomic mass is 10.0. The summed E-state index contributed by atoms with van der Waals surface area (Å²) in [4.78, 5) is 47.5. The van der Waals surface area contributed by atoms with Crippen molar-refractivity contribution in [2.45, 2.75) is 212 Å². The number of carboxylic acids is 1.